The summed E-state index contributed by atoms with van der Waals surface area (Å²) >= 11 is 6.09. The lowest BCUT2D eigenvalue weighted by Gasteiger charge is -2.35. The van der Waals surface area contributed by atoms with Gasteiger partial charge in [0.15, 0.2) is 0 Å². The van der Waals surface area contributed by atoms with E-state index in [1.54, 1.807) is 6.07 Å². The van der Waals surface area contributed by atoms with E-state index in [4.69, 9.17) is 11.6 Å². The molecule has 0 aliphatic carbocycles. The van der Waals surface area contributed by atoms with Crippen LogP contribution in [-0.2, 0) is 9.59 Å². The molecule has 1 aromatic carbocycles. The van der Waals surface area contributed by atoms with Gasteiger partial charge < -0.3 is 10.2 Å². The van der Waals surface area contributed by atoms with Crippen LogP contribution in [0, 0.1) is 18.3 Å². The first kappa shape index (κ1) is 17.8. The van der Waals surface area contributed by atoms with Crippen LogP contribution in [-0.4, -0.2) is 29.8 Å². The number of nitrogens with one attached hydrogen (secondary N) is 1. The molecule has 0 saturated carbocycles. The summed E-state index contributed by atoms with van der Waals surface area (Å²) < 4.78 is 0. The van der Waals surface area contributed by atoms with Crippen molar-refractivity contribution in [1.82, 2.24) is 4.90 Å². The van der Waals surface area contributed by atoms with E-state index in [9.17, 15) is 9.59 Å². The smallest absolute Gasteiger partial charge is 0.229 e. The fourth-order valence-electron chi connectivity index (χ4n) is 2.76. The standard InChI is InChI=1S/C18H25ClN2O2/c1-12-7-8-14(10-15(12)19)20-16(22)13-6-5-9-21(11-13)17(23)18(2,3)4/h7-8,10,13H,5-6,9,11H2,1-4H3,(H,20,22). The van der Waals surface area contributed by atoms with Gasteiger partial charge in [-0.25, -0.2) is 0 Å². The van der Waals surface area contributed by atoms with Gasteiger partial charge in [0.2, 0.25) is 11.8 Å². The molecule has 0 aromatic heterocycles. The highest BCUT2D eigenvalue weighted by Crippen LogP contribution is 2.25. The van der Waals surface area contributed by atoms with E-state index in [0.717, 1.165) is 24.9 Å². The summed E-state index contributed by atoms with van der Waals surface area (Å²) in [6, 6.07) is 5.49. The van der Waals surface area contributed by atoms with Gasteiger partial charge >= 0.3 is 0 Å². The summed E-state index contributed by atoms with van der Waals surface area (Å²) in [4.78, 5) is 26.7. The van der Waals surface area contributed by atoms with Gasteiger partial charge in [-0.2, -0.15) is 0 Å². The lowest BCUT2D eigenvalue weighted by molar-refractivity contribution is -0.142. The Morgan fingerprint density at radius 3 is 2.61 bits per heavy atom. The third-order valence-corrected chi connectivity index (χ3v) is 4.57. The van der Waals surface area contributed by atoms with Gasteiger partial charge in [0, 0.05) is 29.2 Å². The number of carbonyl (C=O) groups excluding carboxylic acids is 2. The van der Waals surface area contributed by atoms with Crippen LogP contribution >= 0.6 is 11.6 Å². The molecule has 126 valence electrons. The maximum atomic E-state index is 12.5. The number of nitrogens with zero attached hydrogens (tertiary/aromatic N) is 1. The molecule has 2 rings (SSSR count). The highest BCUT2D eigenvalue weighted by atomic mass is 35.5. The largest absolute Gasteiger partial charge is 0.341 e. The second kappa shape index (κ2) is 6.91. The SMILES string of the molecule is Cc1ccc(NC(=O)C2CCCN(C(=O)C(C)(C)C)C2)cc1Cl. The van der Waals surface area contributed by atoms with Crippen molar-refractivity contribution in [3.63, 3.8) is 0 Å². The molecule has 23 heavy (non-hydrogen) atoms. The van der Waals surface area contributed by atoms with Crippen molar-refractivity contribution < 1.29 is 9.59 Å². The van der Waals surface area contributed by atoms with Crippen LogP contribution in [0.3, 0.4) is 0 Å². The van der Waals surface area contributed by atoms with Crippen LogP contribution in [0.1, 0.15) is 39.2 Å². The van der Waals surface area contributed by atoms with E-state index in [2.05, 4.69) is 5.32 Å². The molecule has 1 fully saturated rings. The van der Waals surface area contributed by atoms with Crippen molar-refractivity contribution in [2.75, 3.05) is 18.4 Å². The summed E-state index contributed by atoms with van der Waals surface area (Å²) in [7, 11) is 0. The van der Waals surface area contributed by atoms with Crippen LogP contribution in [0.25, 0.3) is 0 Å². The lowest BCUT2D eigenvalue weighted by Crippen LogP contribution is -2.47. The molecule has 0 radical (unpaired) electrons. The van der Waals surface area contributed by atoms with Crippen molar-refractivity contribution in [3.8, 4) is 0 Å². The molecule has 4 nitrogen and oxygen atoms in total. The number of likely N-dealkylation sites (tertiary alicyclic amines) is 1. The van der Waals surface area contributed by atoms with E-state index in [1.807, 2.05) is 44.7 Å². The van der Waals surface area contributed by atoms with Gasteiger partial charge in [-0.15, -0.1) is 0 Å². The predicted molar refractivity (Wildman–Crippen MR) is 93.6 cm³/mol. The van der Waals surface area contributed by atoms with E-state index in [-0.39, 0.29) is 17.7 Å². The van der Waals surface area contributed by atoms with E-state index in [0.29, 0.717) is 17.3 Å². The summed E-state index contributed by atoms with van der Waals surface area (Å²) in [5.41, 5.74) is 1.26. The lowest BCUT2D eigenvalue weighted by atomic mass is 9.91. The molecule has 5 heteroatoms. The quantitative estimate of drug-likeness (QED) is 0.891. The average Bonchev–Trinajstić information content (AvgIpc) is 2.49. The van der Waals surface area contributed by atoms with Crippen molar-refractivity contribution in [2.24, 2.45) is 11.3 Å². The monoisotopic (exact) mass is 336 g/mol. The minimum absolute atomic E-state index is 0.0451. The Labute approximate surface area is 143 Å². The zero-order valence-corrected chi connectivity index (χ0v) is 15.0. The number of halogens is 1. The Kier molecular flexibility index (Phi) is 5.35. The Morgan fingerprint density at radius 1 is 1.30 bits per heavy atom. The summed E-state index contributed by atoms with van der Waals surface area (Å²) in [6.07, 6.45) is 1.66. The number of amides is 2. The van der Waals surface area contributed by atoms with Gasteiger partial charge in [0.25, 0.3) is 0 Å². The first-order chi connectivity index (χ1) is 10.7. The molecular weight excluding hydrogens is 312 g/mol. The molecule has 1 unspecified atom stereocenters. The Bertz CT molecular complexity index is 608. The summed E-state index contributed by atoms with van der Waals surface area (Å²) in [6.45, 7) is 8.87. The first-order valence-electron chi connectivity index (χ1n) is 8.05. The molecule has 2 amide bonds. The van der Waals surface area contributed by atoms with Crippen molar-refractivity contribution in [2.45, 2.75) is 40.5 Å². The van der Waals surface area contributed by atoms with Gasteiger partial charge in [-0.1, -0.05) is 38.4 Å². The number of hydrogen-bond acceptors (Lipinski definition) is 2. The van der Waals surface area contributed by atoms with Crippen LogP contribution in [0.15, 0.2) is 18.2 Å². The van der Waals surface area contributed by atoms with Gasteiger partial charge in [-0.3, -0.25) is 9.59 Å². The third-order valence-electron chi connectivity index (χ3n) is 4.16. The molecule has 1 aliphatic heterocycles. The molecule has 1 atom stereocenters. The van der Waals surface area contributed by atoms with Crippen molar-refractivity contribution >= 4 is 29.1 Å². The average molecular weight is 337 g/mol. The predicted octanol–water partition coefficient (Wildman–Crippen LogP) is 3.87. The number of carbonyl (C=O) groups is 2. The fourth-order valence-corrected chi connectivity index (χ4v) is 2.95. The molecular formula is C18H25ClN2O2. The van der Waals surface area contributed by atoms with E-state index < -0.39 is 5.41 Å². The number of rotatable bonds is 2. The van der Waals surface area contributed by atoms with Crippen LogP contribution < -0.4 is 5.32 Å². The highest BCUT2D eigenvalue weighted by Gasteiger charge is 2.33. The highest BCUT2D eigenvalue weighted by molar-refractivity contribution is 6.31. The Hall–Kier alpha value is -1.55. The minimum Gasteiger partial charge on any atom is -0.341 e. The number of aryl methyl sites for hydroxylation is 1. The van der Waals surface area contributed by atoms with Gasteiger partial charge in [0.1, 0.15) is 0 Å². The molecule has 1 heterocycles. The normalized spacial score (nSPS) is 18.7. The number of benzene rings is 1. The Balaban J connectivity index is 2.02. The van der Waals surface area contributed by atoms with Gasteiger partial charge in [-0.05, 0) is 37.5 Å². The summed E-state index contributed by atoms with van der Waals surface area (Å²) in [5, 5.41) is 3.55. The summed E-state index contributed by atoms with van der Waals surface area (Å²) in [5.74, 6) is -0.111. The van der Waals surface area contributed by atoms with Crippen LogP contribution in [0.4, 0.5) is 5.69 Å². The van der Waals surface area contributed by atoms with Gasteiger partial charge in [0.05, 0.1) is 5.92 Å². The van der Waals surface area contributed by atoms with Crippen LogP contribution in [0.2, 0.25) is 5.02 Å². The number of anilines is 1. The topological polar surface area (TPSA) is 49.4 Å². The molecule has 0 bridgehead atoms. The second-order valence-corrected chi connectivity index (χ2v) is 7.70. The molecule has 1 saturated heterocycles. The zero-order chi connectivity index (χ0) is 17.2. The third kappa shape index (κ3) is 4.47. The maximum Gasteiger partial charge on any atom is 0.229 e. The van der Waals surface area contributed by atoms with Crippen LogP contribution in [0.5, 0.6) is 0 Å². The molecule has 1 N–H and O–H groups in total. The van der Waals surface area contributed by atoms with E-state index >= 15 is 0 Å². The molecule has 0 spiro atoms. The van der Waals surface area contributed by atoms with Crippen molar-refractivity contribution in [1.29, 1.82) is 0 Å². The zero-order valence-electron chi connectivity index (χ0n) is 14.3. The van der Waals surface area contributed by atoms with E-state index in [1.165, 1.54) is 0 Å². The molecule has 1 aromatic rings. The first-order valence-corrected chi connectivity index (χ1v) is 8.42. The maximum absolute atomic E-state index is 12.5. The number of piperidine rings is 1. The molecule has 1 aliphatic rings. The number of hydrogen-bond donors (Lipinski definition) is 1. The van der Waals surface area contributed by atoms with Crippen molar-refractivity contribution in [3.05, 3.63) is 28.8 Å². The Morgan fingerprint density at radius 2 is 2.00 bits per heavy atom. The fraction of sp³-hybridized carbons (Fsp3) is 0.556. The second-order valence-electron chi connectivity index (χ2n) is 7.29. The minimum atomic E-state index is -0.414.